The molecule has 0 saturated heterocycles. The third kappa shape index (κ3) is 2.43. The lowest BCUT2D eigenvalue weighted by molar-refractivity contribution is 0.448. The van der Waals surface area contributed by atoms with E-state index >= 15 is 0 Å². The normalized spacial score (nSPS) is 12.6. The van der Waals surface area contributed by atoms with Gasteiger partial charge in [0.25, 0.3) is 0 Å². The molecule has 0 saturated carbocycles. The van der Waals surface area contributed by atoms with E-state index in [-0.39, 0.29) is 11.8 Å². The van der Waals surface area contributed by atoms with Crippen LogP contribution in [-0.2, 0) is 6.54 Å². The standard InChI is InChI=1S/C11H12BrN3O/c12-8-5-14-15(6-8)7-10(13)9-3-1-2-4-11(9)16/h1-6,10,16H,7,13H2. The molecule has 0 radical (unpaired) electrons. The number of phenols is 1. The van der Waals surface area contributed by atoms with Gasteiger partial charge in [-0.1, -0.05) is 18.2 Å². The fourth-order valence-corrected chi connectivity index (χ4v) is 1.87. The molecule has 1 aromatic carbocycles. The Kier molecular flexibility index (Phi) is 3.26. The summed E-state index contributed by atoms with van der Waals surface area (Å²) in [7, 11) is 0. The first kappa shape index (κ1) is 11.2. The molecule has 16 heavy (non-hydrogen) atoms. The van der Waals surface area contributed by atoms with Crippen LogP contribution in [0.3, 0.4) is 0 Å². The van der Waals surface area contributed by atoms with Crippen molar-refractivity contribution in [2.24, 2.45) is 5.73 Å². The lowest BCUT2D eigenvalue weighted by Crippen LogP contribution is -2.17. The highest BCUT2D eigenvalue weighted by molar-refractivity contribution is 9.10. The van der Waals surface area contributed by atoms with Crippen LogP contribution in [0.1, 0.15) is 11.6 Å². The molecular weight excluding hydrogens is 270 g/mol. The van der Waals surface area contributed by atoms with Crippen molar-refractivity contribution in [3.63, 3.8) is 0 Å². The van der Waals surface area contributed by atoms with Crippen LogP contribution in [0.15, 0.2) is 41.1 Å². The van der Waals surface area contributed by atoms with Crippen molar-refractivity contribution in [3.05, 3.63) is 46.7 Å². The first-order chi connectivity index (χ1) is 7.66. The molecule has 0 fully saturated rings. The molecule has 3 N–H and O–H groups in total. The van der Waals surface area contributed by atoms with Gasteiger partial charge in [0, 0.05) is 11.8 Å². The summed E-state index contributed by atoms with van der Waals surface area (Å²) in [6, 6.07) is 6.81. The molecule has 0 aliphatic heterocycles. The van der Waals surface area contributed by atoms with Crippen LogP contribution < -0.4 is 5.73 Å². The number of nitrogens with zero attached hydrogens (tertiary/aromatic N) is 2. The second kappa shape index (κ2) is 4.67. The molecule has 0 aliphatic carbocycles. The largest absolute Gasteiger partial charge is 0.508 e. The van der Waals surface area contributed by atoms with E-state index in [1.54, 1.807) is 23.0 Å². The second-order valence-corrected chi connectivity index (χ2v) is 4.46. The molecule has 0 amide bonds. The zero-order valence-electron chi connectivity index (χ0n) is 8.55. The summed E-state index contributed by atoms with van der Waals surface area (Å²) in [6.07, 6.45) is 3.55. The van der Waals surface area contributed by atoms with E-state index in [1.807, 2.05) is 18.3 Å². The van der Waals surface area contributed by atoms with Crippen molar-refractivity contribution in [2.45, 2.75) is 12.6 Å². The van der Waals surface area contributed by atoms with Crippen LogP contribution in [-0.4, -0.2) is 14.9 Å². The number of phenolic OH excluding ortho intramolecular Hbond substituents is 1. The number of nitrogens with two attached hydrogens (primary N) is 1. The predicted octanol–water partition coefficient (Wildman–Crippen LogP) is 2.05. The molecular formula is C11H12BrN3O. The number of halogens is 1. The number of hydrogen-bond acceptors (Lipinski definition) is 3. The monoisotopic (exact) mass is 281 g/mol. The van der Waals surface area contributed by atoms with E-state index < -0.39 is 0 Å². The molecule has 2 aromatic rings. The molecule has 0 aliphatic rings. The highest BCUT2D eigenvalue weighted by Crippen LogP contribution is 2.23. The lowest BCUT2D eigenvalue weighted by atomic mass is 10.1. The van der Waals surface area contributed by atoms with E-state index in [1.165, 1.54) is 0 Å². The molecule has 84 valence electrons. The number of aromatic hydroxyl groups is 1. The number of rotatable bonds is 3. The van der Waals surface area contributed by atoms with E-state index in [4.69, 9.17) is 5.73 Å². The Morgan fingerprint density at radius 1 is 1.44 bits per heavy atom. The Morgan fingerprint density at radius 3 is 2.81 bits per heavy atom. The fourth-order valence-electron chi connectivity index (χ4n) is 1.54. The zero-order chi connectivity index (χ0) is 11.5. The van der Waals surface area contributed by atoms with Gasteiger partial charge in [-0.25, -0.2) is 0 Å². The van der Waals surface area contributed by atoms with Gasteiger partial charge in [-0.2, -0.15) is 5.10 Å². The lowest BCUT2D eigenvalue weighted by Gasteiger charge is -2.13. The molecule has 4 nitrogen and oxygen atoms in total. The van der Waals surface area contributed by atoms with Crippen molar-refractivity contribution < 1.29 is 5.11 Å². The molecule has 1 atom stereocenters. The topological polar surface area (TPSA) is 64.1 Å². The van der Waals surface area contributed by atoms with Gasteiger partial charge in [0.2, 0.25) is 0 Å². The highest BCUT2D eigenvalue weighted by atomic mass is 79.9. The van der Waals surface area contributed by atoms with Crippen LogP contribution in [0.2, 0.25) is 0 Å². The summed E-state index contributed by atoms with van der Waals surface area (Å²) in [5, 5.41) is 13.8. The molecule has 1 aromatic heterocycles. The van der Waals surface area contributed by atoms with Crippen LogP contribution in [0.25, 0.3) is 0 Å². The molecule has 0 bridgehead atoms. The van der Waals surface area contributed by atoms with E-state index in [0.29, 0.717) is 6.54 Å². The molecule has 2 rings (SSSR count). The Hall–Kier alpha value is -1.33. The highest BCUT2D eigenvalue weighted by Gasteiger charge is 2.11. The minimum Gasteiger partial charge on any atom is -0.508 e. The Bertz CT molecular complexity index is 484. The average Bonchev–Trinajstić information content (AvgIpc) is 2.64. The van der Waals surface area contributed by atoms with Crippen LogP contribution in [0.4, 0.5) is 0 Å². The van der Waals surface area contributed by atoms with Crippen molar-refractivity contribution >= 4 is 15.9 Å². The first-order valence-corrected chi connectivity index (χ1v) is 5.67. The van der Waals surface area contributed by atoms with Crippen molar-refractivity contribution in [3.8, 4) is 5.75 Å². The third-order valence-electron chi connectivity index (χ3n) is 2.32. The zero-order valence-corrected chi connectivity index (χ0v) is 10.1. The maximum Gasteiger partial charge on any atom is 0.120 e. The van der Waals surface area contributed by atoms with Crippen molar-refractivity contribution in [1.29, 1.82) is 0 Å². The Balaban J connectivity index is 2.14. The summed E-state index contributed by atoms with van der Waals surface area (Å²) in [5.74, 6) is 0.223. The van der Waals surface area contributed by atoms with Crippen LogP contribution in [0, 0.1) is 0 Å². The second-order valence-electron chi connectivity index (χ2n) is 3.55. The summed E-state index contributed by atoms with van der Waals surface area (Å²) in [5.41, 5.74) is 6.73. The summed E-state index contributed by atoms with van der Waals surface area (Å²) in [6.45, 7) is 0.531. The summed E-state index contributed by atoms with van der Waals surface area (Å²) < 4.78 is 2.65. The third-order valence-corrected chi connectivity index (χ3v) is 2.73. The van der Waals surface area contributed by atoms with Gasteiger partial charge in [-0.15, -0.1) is 0 Å². The quantitative estimate of drug-likeness (QED) is 0.905. The minimum absolute atomic E-state index is 0.223. The van der Waals surface area contributed by atoms with E-state index in [0.717, 1.165) is 10.0 Å². The molecule has 0 spiro atoms. The van der Waals surface area contributed by atoms with Gasteiger partial charge in [-0.3, -0.25) is 4.68 Å². The predicted molar refractivity (Wildman–Crippen MR) is 65.0 cm³/mol. The molecule has 5 heteroatoms. The van der Waals surface area contributed by atoms with Gasteiger partial charge >= 0.3 is 0 Å². The maximum atomic E-state index is 9.65. The smallest absolute Gasteiger partial charge is 0.120 e. The maximum absolute atomic E-state index is 9.65. The molecule has 1 unspecified atom stereocenters. The van der Waals surface area contributed by atoms with Gasteiger partial charge < -0.3 is 10.8 Å². The van der Waals surface area contributed by atoms with Crippen LogP contribution >= 0.6 is 15.9 Å². The SMILES string of the molecule is NC(Cn1cc(Br)cn1)c1ccccc1O. The Labute approximate surface area is 102 Å². The first-order valence-electron chi connectivity index (χ1n) is 4.88. The molecule has 1 heterocycles. The summed E-state index contributed by atoms with van der Waals surface area (Å²) >= 11 is 3.32. The fraction of sp³-hybridized carbons (Fsp3) is 0.182. The summed E-state index contributed by atoms with van der Waals surface area (Å²) in [4.78, 5) is 0. The Morgan fingerprint density at radius 2 is 2.19 bits per heavy atom. The average molecular weight is 282 g/mol. The van der Waals surface area contributed by atoms with Crippen molar-refractivity contribution in [1.82, 2.24) is 9.78 Å². The minimum atomic E-state index is -0.270. The van der Waals surface area contributed by atoms with Crippen molar-refractivity contribution in [2.75, 3.05) is 0 Å². The number of aromatic nitrogens is 2. The van der Waals surface area contributed by atoms with Gasteiger partial charge in [0.05, 0.1) is 23.3 Å². The van der Waals surface area contributed by atoms with E-state index in [9.17, 15) is 5.11 Å². The van der Waals surface area contributed by atoms with Gasteiger partial charge in [-0.05, 0) is 22.0 Å². The van der Waals surface area contributed by atoms with Gasteiger partial charge in [0.15, 0.2) is 0 Å². The van der Waals surface area contributed by atoms with Gasteiger partial charge in [0.1, 0.15) is 5.75 Å². The number of para-hydroxylation sites is 1. The van der Waals surface area contributed by atoms with Crippen LogP contribution in [0.5, 0.6) is 5.75 Å². The number of benzene rings is 1. The van der Waals surface area contributed by atoms with E-state index in [2.05, 4.69) is 21.0 Å². The number of hydrogen-bond donors (Lipinski definition) is 2.